The molecule has 0 saturated heterocycles. The molecule has 3 heteroatoms. The molecule has 1 nitrogen and oxygen atoms in total. The van der Waals surface area contributed by atoms with Crippen molar-refractivity contribution in [2.45, 2.75) is 26.3 Å². The van der Waals surface area contributed by atoms with Crippen LogP contribution in [0.1, 0.15) is 30.9 Å². The van der Waals surface area contributed by atoms with Crippen molar-refractivity contribution >= 4 is 21.6 Å². The molecule has 100 valence electrons. The predicted octanol–water partition coefficient (Wildman–Crippen LogP) is 5.32. The van der Waals surface area contributed by atoms with Gasteiger partial charge >= 0.3 is 0 Å². The molecule has 0 radical (unpaired) electrons. The highest BCUT2D eigenvalue weighted by molar-refractivity contribution is 9.10. The minimum absolute atomic E-state index is 0.191. The minimum Gasteiger partial charge on any atom is -0.381 e. The molecular formula is C16H17BrFN. The van der Waals surface area contributed by atoms with Gasteiger partial charge < -0.3 is 5.32 Å². The third-order valence-corrected chi connectivity index (χ3v) is 3.56. The summed E-state index contributed by atoms with van der Waals surface area (Å²) in [5.74, 6) is 0.252. The second-order valence-corrected chi connectivity index (χ2v) is 5.75. The largest absolute Gasteiger partial charge is 0.381 e. The van der Waals surface area contributed by atoms with Crippen molar-refractivity contribution in [1.29, 1.82) is 0 Å². The van der Waals surface area contributed by atoms with Crippen LogP contribution in [0.25, 0.3) is 0 Å². The van der Waals surface area contributed by atoms with Crippen molar-refractivity contribution in [3.05, 3.63) is 63.9 Å². The van der Waals surface area contributed by atoms with Crippen LogP contribution in [0.2, 0.25) is 0 Å². The molecule has 0 heterocycles. The van der Waals surface area contributed by atoms with Gasteiger partial charge in [0.05, 0.1) is 0 Å². The lowest BCUT2D eigenvalue weighted by Crippen LogP contribution is -2.04. The number of rotatable bonds is 4. The van der Waals surface area contributed by atoms with E-state index in [-0.39, 0.29) is 5.82 Å². The van der Waals surface area contributed by atoms with Crippen LogP contribution >= 0.6 is 15.9 Å². The van der Waals surface area contributed by atoms with Gasteiger partial charge in [-0.05, 0) is 29.7 Å². The van der Waals surface area contributed by atoms with Crippen LogP contribution in [0, 0.1) is 5.82 Å². The topological polar surface area (TPSA) is 12.0 Å². The maximum Gasteiger partial charge on any atom is 0.129 e. The van der Waals surface area contributed by atoms with Gasteiger partial charge in [0.2, 0.25) is 0 Å². The van der Waals surface area contributed by atoms with Crippen LogP contribution in [0.5, 0.6) is 0 Å². The molecule has 0 spiro atoms. The summed E-state index contributed by atoms with van der Waals surface area (Å²) < 4.78 is 14.5. The predicted molar refractivity (Wildman–Crippen MR) is 82.0 cm³/mol. The maximum absolute atomic E-state index is 13.7. The third-order valence-electron chi connectivity index (χ3n) is 3.07. The van der Waals surface area contributed by atoms with Crippen molar-refractivity contribution in [2.24, 2.45) is 0 Å². The van der Waals surface area contributed by atoms with E-state index in [9.17, 15) is 4.39 Å². The molecule has 19 heavy (non-hydrogen) atoms. The quantitative estimate of drug-likeness (QED) is 0.803. The summed E-state index contributed by atoms with van der Waals surface area (Å²) in [6.07, 6.45) is 0. The Morgan fingerprint density at radius 1 is 1.16 bits per heavy atom. The fourth-order valence-electron chi connectivity index (χ4n) is 2.02. The van der Waals surface area contributed by atoms with Crippen molar-refractivity contribution in [2.75, 3.05) is 5.32 Å². The Labute approximate surface area is 122 Å². The summed E-state index contributed by atoms with van der Waals surface area (Å²) in [6.45, 7) is 4.80. The van der Waals surface area contributed by atoms with E-state index in [4.69, 9.17) is 0 Å². The fourth-order valence-corrected chi connectivity index (χ4v) is 2.35. The molecular weight excluding hydrogens is 305 g/mol. The Morgan fingerprint density at radius 2 is 1.89 bits per heavy atom. The van der Waals surface area contributed by atoms with E-state index < -0.39 is 0 Å². The van der Waals surface area contributed by atoms with E-state index in [1.807, 2.05) is 24.3 Å². The zero-order chi connectivity index (χ0) is 13.8. The maximum atomic E-state index is 13.7. The second-order valence-electron chi connectivity index (χ2n) is 4.83. The highest BCUT2D eigenvalue weighted by Crippen LogP contribution is 2.24. The van der Waals surface area contributed by atoms with Crippen LogP contribution in [-0.2, 0) is 6.54 Å². The van der Waals surface area contributed by atoms with Gasteiger partial charge in [0.15, 0.2) is 0 Å². The first-order chi connectivity index (χ1) is 9.08. The molecule has 0 atom stereocenters. The number of nitrogens with one attached hydrogen (secondary N) is 1. The summed E-state index contributed by atoms with van der Waals surface area (Å²) in [7, 11) is 0. The highest BCUT2D eigenvalue weighted by Gasteiger charge is 2.07. The average molecular weight is 322 g/mol. The average Bonchev–Trinajstić information content (AvgIpc) is 2.38. The van der Waals surface area contributed by atoms with Crippen molar-refractivity contribution < 1.29 is 4.39 Å². The lowest BCUT2D eigenvalue weighted by Gasteiger charge is -2.14. The van der Waals surface area contributed by atoms with Crippen LogP contribution in [0.15, 0.2) is 46.9 Å². The van der Waals surface area contributed by atoms with Gasteiger partial charge in [0.1, 0.15) is 5.82 Å². The summed E-state index contributed by atoms with van der Waals surface area (Å²) in [6, 6.07) is 13.3. The Kier molecular flexibility index (Phi) is 4.59. The Bertz CT molecular complexity index is 566. The zero-order valence-corrected chi connectivity index (χ0v) is 12.7. The zero-order valence-electron chi connectivity index (χ0n) is 11.1. The summed E-state index contributed by atoms with van der Waals surface area (Å²) in [4.78, 5) is 0. The number of halogens is 2. The fraction of sp³-hybridized carbons (Fsp3) is 0.250. The number of benzene rings is 2. The van der Waals surface area contributed by atoms with Crippen LogP contribution in [-0.4, -0.2) is 0 Å². The van der Waals surface area contributed by atoms with Crippen molar-refractivity contribution in [1.82, 2.24) is 0 Å². The van der Waals surface area contributed by atoms with Gasteiger partial charge in [0, 0.05) is 22.3 Å². The standard InChI is InChI=1S/C16H17BrFN/c1-11(2)14-5-3-4-6-16(14)19-10-12-7-8-13(17)9-15(12)18/h3-9,11,19H,10H2,1-2H3. The summed E-state index contributed by atoms with van der Waals surface area (Å²) >= 11 is 3.26. The molecule has 0 saturated carbocycles. The van der Waals surface area contributed by atoms with Crippen LogP contribution in [0.4, 0.5) is 10.1 Å². The number of para-hydroxylation sites is 1. The molecule has 0 fully saturated rings. The van der Waals surface area contributed by atoms with E-state index >= 15 is 0 Å². The van der Waals surface area contributed by atoms with Gasteiger partial charge in [-0.15, -0.1) is 0 Å². The molecule has 0 aromatic heterocycles. The summed E-state index contributed by atoms with van der Waals surface area (Å²) in [5.41, 5.74) is 2.99. The van der Waals surface area contributed by atoms with E-state index in [2.05, 4.69) is 41.2 Å². The number of hydrogen-bond donors (Lipinski definition) is 1. The lowest BCUT2D eigenvalue weighted by atomic mass is 10.0. The molecule has 0 amide bonds. The minimum atomic E-state index is -0.191. The molecule has 0 aliphatic rings. The Hall–Kier alpha value is -1.35. The normalized spacial score (nSPS) is 10.8. The molecule has 2 aromatic rings. The van der Waals surface area contributed by atoms with E-state index in [0.29, 0.717) is 18.0 Å². The summed E-state index contributed by atoms with van der Waals surface area (Å²) in [5, 5.41) is 3.32. The van der Waals surface area contributed by atoms with Gasteiger partial charge in [-0.2, -0.15) is 0 Å². The van der Waals surface area contributed by atoms with Gasteiger partial charge in [-0.1, -0.05) is 54.0 Å². The number of anilines is 1. The van der Waals surface area contributed by atoms with Crippen LogP contribution in [0.3, 0.4) is 0 Å². The Morgan fingerprint density at radius 3 is 2.58 bits per heavy atom. The molecule has 1 N–H and O–H groups in total. The van der Waals surface area contributed by atoms with E-state index in [0.717, 1.165) is 10.2 Å². The van der Waals surface area contributed by atoms with Gasteiger partial charge in [-0.3, -0.25) is 0 Å². The van der Waals surface area contributed by atoms with Crippen molar-refractivity contribution in [3.63, 3.8) is 0 Å². The highest BCUT2D eigenvalue weighted by atomic mass is 79.9. The van der Waals surface area contributed by atoms with E-state index in [1.165, 1.54) is 11.6 Å². The van der Waals surface area contributed by atoms with Gasteiger partial charge in [0.25, 0.3) is 0 Å². The lowest BCUT2D eigenvalue weighted by molar-refractivity contribution is 0.612. The molecule has 2 aromatic carbocycles. The smallest absolute Gasteiger partial charge is 0.129 e. The first-order valence-electron chi connectivity index (χ1n) is 6.34. The molecule has 0 aliphatic carbocycles. The SMILES string of the molecule is CC(C)c1ccccc1NCc1ccc(Br)cc1F. The van der Waals surface area contributed by atoms with Crippen molar-refractivity contribution in [3.8, 4) is 0 Å². The van der Waals surface area contributed by atoms with Gasteiger partial charge in [-0.25, -0.2) is 4.39 Å². The third kappa shape index (κ3) is 3.57. The molecule has 2 rings (SSSR count). The first kappa shape index (κ1) is 14.1. The second kappa shape index (κ2) is 6.20. The monoisotopic (exact) mass is 321 g/mol. The molecule has 0 unspecified atom stereocenters. The number of hydrogen-bond acceptors (Lipinski definition) is 1. The molecule has 0 aliphatic heterocycles. The van der Waals surface area contributed by atoms with Crippen LogP contribution < -0.4 is 5.32 Å². The Balaban J connectivity index is 2.14. The first-order valence-corrected chi connectivity index (χ1v) is 7.14. The molecule has 0 bridgehead atoms. The van der Waals surface area contributed by atoms with E-state index in [1.54, 1.807) is 6.07 Å².